The van der Waals surface area contributed by atoms with Crippen molar-refractivity contribution in [3.63, 3.8) is 0 Å². The summed E-state index contributed by atoms with van der Waals surface area (Å²) in [5.41, 5.74) is 2.40. The molecule has 0 heterocycles. The van der Waals surface area contributed by atoms with E-state index in [0.29, 0.717) is 16.3 Å². The molecule has 0 N–H and O–H groups in total. The van der Waals surface area contributed by atoms with Crippen LogP contribution in [0.3, 0.4) is 0 Å². The normalized spacial score (nSPS) is 11.1. The van der Waals surface area contributed by atoms with E-state index < -0.39 is 5.97 Å². The maximum atomic E-state index is 11.9. The van der Waals surface area contributed by atoms with Crippen molar-refractivity contribution in [3.05, 3.63) is 64.2 Å². The SMILES string of the molecule is CON=C(C(=O)OC)c1ccccc1COc1ccc(Cl)c(C)c1. The first-order valence-electron chi connectivity index (χ1n) is 7.23. The van der Waals surface area contributed by atoms with E-state index >= 15 is 0 Å². The van der Waals surface area contributed by atoms with E-state index in [-0.39, 0.29) is 12.3 Å². The average Bonchev–Trinajstić information content (AvgIpc) is 2.60. The zero-order valence-electron chi connectivity index (χ0n) is 13.7. The monoisotopic (exact) mass is 347 g/mol. The van der Waals surface area contributed by atoms with Crippen LogP contribution >= 0.6 is 11.6 Å². The van der Waals surface area contributed by atoms with Gasteiger partial charge in [0.05, 0.1) is 7.11 Å². The lowest BCUT2D eigenvalue weighted by atomic mass is 10.0. The Hall–Kier alpha value is -2.53. The summed E-state index contributed by atoms with van der Waals surface area (Å²) < 4.78 is 10.6. The number of carbonyl (C=O) groups excluding carboxylic acids is 1. The standard InChI is InChI=1S/C18H18ClNO4/c1-12-10-14(8-9-16(12)19)24-11-13-6-4-5-7-15(13)17(20-23-3)18(21)22-2/h4-10H,11H2,1-3H3. The van der Waals surface area contributed by atoms with Crippen molar-refractivity contribution in [1.29, 1.82) is 0 Å². The van der Waals surface area contributed by atoms with Crippen molar-refractivity contribution >= 4 is 23.3 Å². The minimum atomic E-state index is -0.577. The zero-order chi connectivity index (χ0) is 17.5. The Bertz CT molecular complexity index is 758. The molecule has 0 amide bonds. The summed E-state index contributed by atoms with van der Waals surface area (Å²) in [7, 11) is 2.67. The number of ether oxygens (including phenoxy) is 2. The maximum absolute atomic E-state index is 11.9. The molecule has 0 aliphatic carbocycles. The molecule has 0 atom stereocenters. The molecule has 2 aromatic rings. The number of hydrogen-bond donors (Lipinski definition) is 0. The molecule has 0 bridgehead atoms. The molecule has 0 spiro atoms. The van der Waals surface area contributed by atoms with E-state index in [1.807, 2.05) is 25.1 Å². The quantitative estimate of drug-likeness (QED) is 0.453. The van der Waals surface area contributed by atoms with Gasteiger partial charge < -0.3 is 14.3 Å². The summed E-state index contributed by atoms with van der Waals surface area (Å²) in [6.45, 7) is 2.17. The molecule has 0 saturated heterocycles. The van der Waals surface area contributed by atoms with Crippen LogP contribution in [0.5, 0.6) is 5.75 Å². The molecule has 2 rings (SSSR count). The summed E-state index contributed by atoms with van der Waals surface area (Å²) in [6, 6.07) is 12.7. The molecule has 5 nitrogen and oxygen atoms in total. The fourth-order valence-electron chi connectivity index (χ4n) is 2.13. The molecule has 24 heavy (non-hydrogen) atoms. The zero-order valence-corrected chi connectivity index (χ0v) is 14.5. The molecule has 0 radical (unpaired) electrons. The maximum Gasteiger partial charge on any atom is 0.360 e. The van der Waals surface area contributed by atoms with Gasteiger partial charge in [0.15, 0.2) is 5.71 Å². The topological polar surface area (TPSA) is 57.1 Å². The van der Waals surface area contributed by atoms with Gasteiger partial charge in [0, 0.05) is 10.6 Å². The van der Waals surface area contributed by atoms with Crippen LogP contribution in [0, 0.1) is 6.92 Å². The minimum Gasteiger partial charge on any atom is -0.489 e. The number of oxime groups is 1. The van der Waals surface area contributed by atoms with Crippen LogP contribution in [-0.4, -0.2) is 25.9 Å². The van der Waals surface area contributed by atoms with Crippen molar-refractivity contribution in [1.82, 2.24) is 0 Å². The molecule has 126 valence electrons. The Morgan fingerprint density at radius 3 is 2.58 bits per heavy atom. The highest BCUT2D eigenvalue weighted by Gasteiger charge is 2.19. The largest absolute Gasteiger partial charge is 0.489 e. The number of rotatable bonds is 6. The van der Waals surface area contributed by atoms with Gasteiger partial charge in [0.2, 0.25) is 0 Å². The number of methoxy groups -OCH3 is 1. The summed E-state index contributed by atoms with van der Waals surface area (Å²) >= 11 is 6.01. The second-order valence-corrected chi connectivity index (χ2v) is 5.38. The van der Waals surface area contributed by atoms with Crippen LogP contribution in [0.15, 0.2) is 47.6 Å². The van der Waals surface area contributed by atoms with Gasteiger partial charge >= 0.3 is 5.97 Å². The molecular formula is C18H18ClNO4. The molecule has 0 saturated carbocycles. The van der Waals surface area contributed by atoms with Crippen LogP contribution in [0.4, 0.5) is 0 Å². The Kier molecular flexibility index (Phi) is 6.21. The lowest BCUT2D eigenvalue weighted by Gasteiger charge is -2.12. The predicted molar refractivity (Wildman–Crippen MR) is 92.5 cm³/mol. The number of halogens is 1. The first-order valence-corrected chi connectivity index (χ1v) is 7.61. The van der Waals surface area contributed by atoms with E-state index in [4.69, 9.17) is 25.9 Å². The lowest BCUT2D eigenvalue weighted by Crippen LogP contribution is -2.19. The van der Waals surface area contributed by atoms with Crippen LogP contribution in [-0.2, 0) is 21.0 Å². The highest BCUT2D eigenvalue weighted by molar-refractivity contribution is 6.43. The predicted octanol–water partition coefficient (Wildman–Crippen LogP) is 3.75. The van der Waals surface area contributed by atoms with E-state index in [9.17, 15) is 4.79 Å². The Labute approximate surface area is 145 Å². The van der Waals surface area contributed by atoms with Crippen molar-refractivity contribution in [2.75, 3.05) is 14.2 Å². The number of aryl methyl sites for hydroxylation is 1. The summed E-state index contributed by atoms with van der Waals surface area (Å²) in [6.07, 6.45) is 0. The van der Waals surface area contributed by atoms with Crippen molar-refractivity contribution in [2.45, 2.75) is 13.5 Å². The number of benzene rings is 2. The van der Waals surface area contributed by atoms with E-state index in [2.05, 4.69) is 5.16 Å². The minimum absolute atomic E-state index is 0.0893. The summed E-state index contributed by atoms with van der Waals surface area (Å²) in [4.78, 5) is 16.7. The summed E-state index contributed by atoms with van der Waals surface area (Å²) in [5, 5.41) is 4.46. The van der Waals surface area contributed by atoms with Crippen LogP contribution < -0.4 is 4.74 Å². The third-order valence-corrected chi connectivity index (χ3v) is 3.78. The van der Waals surface area contributed by atoms with Crippen molar-refractivity contribution in [3.8, 4) is 5.75 Å². The van der Waals surface area contributed by atoms with Crippen LogP contribution in [0.2, 0.25) is 5.02 Å². The smallest absolute Gasteiger partial charge is 0.360 e. The first kappa shape index (κ1) is 17.8. The van der Waals surface area contributed by atoms with E-state index in [1.54, 1.807) is 24.3 Å². The van der Waals surface area contributed by atoms with Gasteiger partial charge in [0.1, 0.15) is 19.5 Å². The highest BCUT2D eigenvalue weighted by Crippen LogP contribution is 2.22. The molecule has 2 aromatic carbocycles. The molecule has 0 aliphatic heterocycles. The molecule has 0 fully saturated rings. The molecule has 0 aromatic heterocycles. The fourth-order valence-corrected chi connectivity index (χ4v) is 2.25. The Morgan fingerprint density at radius 1 is 1.17 bits per heavy atom. The first-order chi connectivity index (χ1) is 11.6. The van der Waals surface area contributed by atoms with Crippen molar-refractivity contribution < 1.29 is 19.1 Å². The van der Waals surface area contributed by atoms with Gasteiger partial charge in [-0.25, -0.2) is 4.79 Å². The van der Waals surface area contributed by atoms with Gasteiger partial charge in [-0.3, -0.25) is 0 Å². The molecule has 0 aliphatic rings. The van der Waals surface area contributed by atoms with Gasteiger partial charge in [0.25, 0.3) is 0 Å². The number of esters is 1. The second-order valence-electron chi connectivity index (χ2n) is 4.97. The number of nitrogens with zero attached hydrogens (tertiary/aromatic N) is 1. The Balaban J connectivity index is 2.26. The van der Waals surface area contributed by atoms with Gasteiger partial charge in [-0.15, -0.1) is 0 Å². The number of hydrogen-bond acceptors (Lipinski definition) is 5. The Morgan fingerprint density at radius 2 is 1.92 bits per heavy atom. The lowest BCUT2D eigenvalue weighted by molar-refractivity contribution is -0.132. The highest BCUT2D eigenvalue weighted by atomic mass is 35.5. The average molecular weight is 348 g/mol. The van der Waals surface area contributed by atoms with Gasteiger partial charge in [-0.1, -0.05) is 41.0 Å². The van der Waals surface area contributed by atoms with Gasteiger partial charge in [-0.2, -0.15) is 0 Å². The third kappa shape index (κ3) is 4.26. The van der Waals surface area contributed by atoms with E-state index in [1.165, 1.54) is 14.2 Å². The molecule has 0 unspecified atom stereocenters. The molecule has 6 heteroatoms. The number of carbonyl (C=O) groups is 1. The van der Waals surface area contributed by atoms with Crippen LogP contribution in [0.1, 0.15) is 16.7 Å². The van der Waals surface area contributed by atoms with Crippen LogP contribution in [0.25, 0.3) is 0 Å². The molecular weight excluding hydrogens is 330 g/mol. The fraction of sp³-hybridized carbons (Fsp3) is 0.222. The van der Waals surface area contributed by atoms with E-state index in [0.717, 1.165) is 11.1 Å². The third-order valence-electron chi connectivity index (χ3n) is 3.36. The second kappa shape index (κ2) is 8.36. The van der Waals surface area contributed by atoms with Crippen molar-refractivity contribution in [2.24, 2.45) is 5.16 Å². The summed E-state index contributed by atoms with van der Waals surface area (Å²) in [5.74, 6) is 0.113. The van der Waals surface area contributed by atoms with Gasteiger partial charge in [-0.05, 0) is 36.2 Å².